The van der Waals surface area contributed by atoms with Gasteiger partial charge in [0.25, 0.3) is 0 Å². The summed E-state index contributed by atoms with van der Waals surface area (Å²) in [4.78, 5) is 31.2. The van der Waals surface area contributed by atoms with Crippen molar-refractivity contribution in [3.8, 4) is 0 Å². The SMILES string of the molecule is CC(C)n1nccc1NC(=O)CN1CCC[C@@](C(N)=O)(c2ccccn2)C1. The fraction of sp³-hybridized carbons (Fsp3) is 0.474. The molecule has 3 heterocycles. The summed E-state index contributed by atoms with van der Waals surface area (Å²) in [5, 5.41) is 7.12. The van der Waals surface area contributed by atoms with Crippen molar-refractivity contribution in [3.05, 3.63) is 42.4 Å². The summed E-state index contributed by atoms with van der Waals surface area (Å²) in [5.41, 5.74) is 5.58. The Morgan fingerprint density at radius 3 is 2.78 bits per heavy atom. The van der Waals surface area contributed by atoms with Crippen LogP contribution in [0.4, 0.5) is 5.82 Å². The van der Waals surface area contributed by atoms with E-state index >= 15 is 0 Å². The van der Waals surface area contributed by atoms with Crippen molar-refractivity contribution in [2.75, 3.05) is 25.0 Å². The first-order valence-corrected chi connectivity index (χ1v) is 9.19. The molecule has 0 unspecified atom stereocenters. The average molecular weight is 370 g/mol. The number of nitrogens with one attached hydrogen (secondary N) is 1. The zero-order valence-electron chi connectivity index (χ0n) is 15.8. The second-order valence-corrected chi connectivity index (χ2v) is 7.28. The quantitative estimate of drug-likeness (QED) is 0.798. The summed E-state index contributed by atoms with van der Waals surface area (Å²) < 4.78 is 1.76. The number of carbonyl (C=O) groups is 2. The van der Waals surface area contributed by atoms with Crippen LogP contribution in [0.3, 0.4) is 0 Å². The van der Waals surface area contributed by atoms with Gasteiger partial charge in [-0.3, -0.25) is 19.5 Å². The first-order chi connectivity index (χ1) is 12.9. The molecule has 1 aliphatic rings. The maximum atomic E-state index is 12.5. The molecule has 1 aliphatic heterocycles. The Labute approximate surface area is 158 Å². The molecule has 0 radical (unpaired) electrons. The maximum absolute atomic E-state index is 12.5. The van der Waals surface area contributed by atoms with Gasteiger partial charge in [-0.2, -0.15) is 5.10 Å². The number of amides is 2. The molecule has 0 spiro atoms. The van der Waals surface area contributed by atoms with Crippen LogP contribution in [0.1, 0.15) is 38.4 Å². The number of hydrogen-bond donors (Lipinski definition) is 2. The van der Waals surface area contributed by atoms with Crippen molar-refractivity contribution in [3.63, 3.8) is 0 Å². The molecule has 8 heteroatoms. The summed E-state index contributed by atoms with van der Waals surface area (Å²) >= 11 is 0. The van der Waals surface area contributed by atoms with Gasteiger partial charge in [0.2, 0.25) is 11.8 Å². The van der Waals surface area contributed by atoms with Gasteiger partial charge in [-0.15, -0.1) is 0 Å². The van der Waals surface area contributed by atoms with Crippen molar-refractivity contribution in [1.29, 1.82) is 0 Å². The molecule has 144 valence electrons. The minimum absolute atomic E-state index is 0.140. The Morgan fingerprint density at radius 2 is 2.11 bits per heavy atom. The lowest BCUT2D eigenvalue weighted by Crippen LogP contribution is -2.55. The molecule has 3 N–H and O–H groups in total. The molecule has 27 heavy (non-hydrogen) atoms. The van der Waals surface area contributed by atoms with Gasteiger partial charge in [-0.05, 0) is 45.4 Å². The second kappa shape index (κ2) is 7.87. The van der Waals surface area contributed by atoms with Crippen LogP contribution in [-0.4, -0.2) is 51.1 Å². The van der Waals surface area contributed by atoms with Crippen molar-refractivity contribution >= 4 is 17.6 Å². The molecular formula is C19H26N6O2. The Balaban J connectivity index is 1.71. The van der Waals surface area contributed by atoms with E-state index in [1.165, 1.54) is 0 Å². The first kappa shape index (κ1) is 19.0. The molecule has 0 aromatic carbocycles. The van der Waals surface area contributed by atoms with Gasteiger partial charge in [0.05, 0.1) is 18.4 Å². The van der Waals surface area contributed by atoms with E-state index in [1.807, 2.05) is 36.9 Å². The molecule has 2 amide bonds. The van der Waals surface area contributed by atoms with Crippen molar-refractivity contribution in [1.82, 2.24) is 19.7 Å². The Morgan fingerprint density at radius 1 is 1.30 bits per heavy atom. The number of rotatable bonds is 6. The lowest BCUT2D eigenvalue weighted by molar-refractivity contribution is -0.127. The largest absolute Gasteiger partial charge is 0.369 e. The van der Waals surface area contributed by atoms with Gasteiger partial charge in [-0.1, -0.05) is 6.07 Å². The zero-order chi connectivity index (χ0) is 19.4. The summed E-state index contributed by atoms with van der Waals surface area (Å²) in [5.74, 6) is 0.126. The normalized spacial score (nSPS) is 20.6. The average Bonchev–Trinajstić information content (AvgIpc) is 3.10. The van der Waals surface area contributed by atoms with Crippen LogP contribution in [-0.2, 0) is 15.0 Å². The number of hydrogen-bond acceptors (Lipinski definition) is 5. The Bertz CT molecular complexity index is 804. The molecule has 8 nitrogen and oxygen atoms in total. The summed E-state index contributed by atoms with van der Waals surface area (Å²) in [6, 6.07) is 7.41. The number of aromatic nitrogens is 3. The Kier molecular flexibility index (Phi) is 5.55. The van der Waals surface area contributed by atoms with Crippen molar-refractivity contribution in [2.24, 2.45) is 5.73 Å². The molecule has 1 atom stereocenters. The van der Waals surface area contributed by atoms with Crippen LogP contribution >= 0.6 is 0 Å². The molecule has 2 aromatic heterocycles. The number of pyridine rings is 1. The highest BCUT2D eigenvalue weighted by Gasteiger charge is 2.43. The minimum atomic E-state index is -0.862. The van der Waals surface area contributed by atoms with Gasteiger partial charge in [0.1, 0.15) is 11.2 Å². The first-order valence-electron chi connectivity index (χ1n) is 9.19. The van der Waals surface area contributed by atoms with Gasteiger partial charge in [-0.25, -0.2) is 4.68 Å². The number of nitrogens with zero attached hydrogens (tertiary/aromatic N) is 4. The minimum Gasteiger partial charge on any atom is -0.369 e. The number of primary amides is 1. The molecule has 0 saturated carbocycles. The van der Waals surface area contributed by atoms with Crippen molar-refractivity contribution in [2.45, 2.75) is 38.1 Å². The van der Waals surface area contributed by atoms with E-state index in [2.05, 4.69) is 15.4 Å². The van der Waals surface area contributed by atoms with Gasteiger partial charge in [0, 0.05) is 24.8 Å². The highest BCUT2D eigenvalue weighted by Crippen LogP contribution is 2.32. The van der Waals surface area contributed by atoms with E-state index in [0.717, 1.165) is 13.0 Å². The summed E-state index contributed by atoms with van der Waals surface area (Å²) in [6.45, 7) is 5.31. The smallest absolute Gasteiger partial charge is 0.239 e. The predicted octanol–water partition coefficient (Wildman–Crippen LogP) is 1.32. The highest BCUT2D eigenvalue weighted by molar-refractivity contribution is 5.91. The van der Waals surface area contributed by atoms with E-state index in [1.54, 1.807) is 23.1 Å². The number of anilines is 1. The van der Waals surface area contributed by atoms with Gasteiger partial charge in [0.15, 0.2) is 0 Å². The summed E-state index contributed by atoms with van der Waals surface area (Å²) in [7, 11) is 0. The van der Waals surface area contributed by atoms with E-state index in [-0.39, 0.29) is 18.5 Å². The molecular weight excluding hydrogens is 344 g/mol. The van der Waals surface area contributed by atoms with Crippen LogP contribution in [0.5, 0.6) is 0 Å². The standard InChI is InChI=1S/C19H26N6O2/c1-14(2)25-16(7-10-22-25)23-17(26)12-24-11-5-8-19(13-24,18(20)27)15-6-3-4-9-21-15/h3-4,6-7,9-10,14H,5,8,11-13H2,1-2H3,(H2,20,27)(H,23,26)/t19-/m0/s1. The van der Waals surface area contributed by atoms with Gasteiger partial charge < -0.3 is 11.1 Å². The fourth-order valence-electron chi connectivity index (χ4n) is 3.67. The zero-order valence-corrected chi connectivity index (χ0v) is 15.8. The lowest BCUT2D eigenvalue weighted by Gasteiger charge is -2.40. The number of nitrogens with two attached hydrogens (primary N) is 1. The van der Waals surface area contributed by atoms with E-state index in [0.29, 0.717) is 24.5 Å². The molecule has 1 saturated heterocycles. The Hall–Kier alpha value is -2.74. The van der Waals surface area contributed by atoms with Gasteiger partial charge >= 0.3 is 0 Å². The van der Waals surface area contributed by atoms with E-state index in [4.69, 9.17) is 5.73 Å². The third-order valence-corrected chi connectivity index (χ3v) is 4.99. The molecule has 1 fully saturated rings. The van der Waals surface area contributed by atoms with Crippen LogP contribution in [0.2, 0.25) is 0 Å². The predicted molar refractivity (Wildman–Crippen MR) is 102 cm³/mol. The van der Waals surface area contributed by atoms with Crippen LogP contribution in [0.15, 0.2) is 36.7 Å². The van der Waals surface area contributed by atoms with E-state index < -0.39 is 11.3 Å². The lowest BCUT2D eigenvalue weighted by atomic mass is 9.76. The number of piperidine rings is 1. The maximum Gasteiger partial charge on any atom is 0.239 e. The van der Waals surface area contributed by atoms with Crippen LogP contribution in [0.25, 0.3) is 0 Å². The fourth-order valence-corrected chi connectivity index (χ4v) is 3.67. The molecule has 0 aliphatic carbocycles. The van der Waals surface area contributed by atoms with Crippen molar-refractivity contribution < 1.29 is 9.59 Å². The third-order valence-electron chi connectivity index (χ3n) is 4.99. The monoisotopic (exact) mass is 370 g/mol. The third kappa shape index (κ3) is 4.00. The van der Waals surface area contributed by atoms with Crippen LogP contribution < -0.4 is 11.1 Å². The van der Waals surface area contributed by atoms with E-state index in [9.17, 15) is 9.59 Å². The second-order valence-electron chi connectivity index (χ2n) is 7.28. The molecule has 2 aromatic rings. The number of likely N-dealkylation sites (tertiary alicyclic amines) is 1. The molecule has 3 rings (SSSR count). The highest BCUT2D eigenvalue weighted by atomic mass is 16.2. The topological polar surface area (TPSA) is 106 Å². The number of carbonyl (C=O) groups excluding carboxylic acids is 2. The molecule has 0 bridgehead atoms. The summed E-state index contributed by atoms with van der Waals surface area (Å²) in [6.07, 6.45) is 4.74. The van der Waals surface area contributed by atoms with Crippen LogP contribution in [0, 0.1) is 0 Å².